The van der Waals surface area contributed by atoms with Gasteiger partial charge in [-0.25, -0.2) is 4.79 Å². The molecule has 0 aliphatic carbocycles. The Balaban J connectivity index is 2.30. The molecule has 0 aromatic heterocycles. The van der Waals surface area contributed by atoms with E-state index in [-0.39, 0.29) is 5.84 Å². The Hall–Kier alpha value is -3.22. The van der Waals surface area contributed by atoms with Crippen molar-refractivity contribution >= 4 is 17.5 Å². The van der Waals surface area contributed by atoms with Crippen LogP contribution in [0.15, 0.2) is 42.5 Å². The number of carboxylic acids is 1. The molecule has 0 saturated carbocycles. The monoisotopic (exact) mass is 357 g/mol. The maximum Gasteiger partial charge on any atom is 0.330 e. The van der Waals surface area contributed by atoms with Crippen molar-refractivity contribution in [2.24, 2.45) is 5.73 Å². The molecule has 0 amide bonds. The van der Waals surface area contributed by atoms with E-state index in [1.807, 2.05) is 13.8 Å². The van der Waals surface area contributed by atoms with Gasteiger partial charge in [-0.1, -0.05) is 6.07 Å². The summed E-state index contributed by atoms with van der Waals surface area (Å²) in [4.78, 5) is 11.8. The van der Waals surface area contributed by atoms with E-state index in [1.165, 1.54) is 0 Å². The lowest BCUT2D eigenvalue weighted by atomic mass is 10.1. The third-order valence-corrected chi connectivity index (χ3v) is 3.65. The van der Waals surface area contributed by atoms with E-state index < -0.39 is 12.0 Å². The van der Waals surface area contributed by atoms with Gasteiger partial charge in [0.15, 0.2) is 17.5 Å². The van der Waals surface area contributed by atoms with Crippen LogP contribution in [-0.4, -0.2) is 30.1 Å². The van der Waals surface area contributed by atoms with Gasteiger partial charge in [0.05, 0.1) is 13.2 Å². The Morgan fingerprint density at radius 2 is 1.73 bits per heavy atom. The summed E-state index contributed by atoms with van der Waals surface area (Å²) in [6.45, 7) is 4.66. The highest BCUT2D eigenvalue weighted by molar-refractivity contribution is 5.95. The normalized spacial score (nSPS) is 11.5. The van der Waals surface area contributed by atoms with Crippen LogP contribution in [0.2, 0.25) is 0 Å². The molecule has 1 atom stereocenters. The van der Waals surface area contributed by atoms with E-state index in [2.05, 4.69) is 5.32 Å². The molecular weight excluding hydrogens is 334 g/mol. The second kappa shape index (κ2) is 8.75. The van der Waals surface area contributed by atoms with Gasteiger partial charge < -0.3 is 25.6 Å². The summed E-state index contributed by atoms with van der Waals surface area (Å²) >= 11 is 0. The third kappa shape index (κ3) is 4.66. The van der Waals surface area contributed by atoms with Crippen LogP contribution in [0.25, 0.3) is 0 Å². The van der Waals surface area contributed by atoms with Crippen LogP contribution in [0.3, 0.4) is 0 Å². The van der Waals surface area contributed by atoms with Crippen LogP contribution in [-0.2, 0) is 4.79 Å². The van der Waals surface area contributed by atoms with Crippen molar-refractivity contribution in [1.29, 1.82) is 5.41 Å². The molecule has 7 nitrogen and oxygen atoms in total. The Labute approximate surface area is 152 Å². The summed E-state index contributed by atoms with van der Waals surface area (Å²) < 4.78 is 11.1. The molecule has 138 valence electrons. The molecule has 0 bridgehead atoms. The van der Waals surface area contributed by atoms with Gasteiger partial charge in [-0.2, -0.15) is 0 Å². The molecule has 0 fully saturated rings. The van der Waals surface area contributed by atoms with Gasteiger partial charge in [-0.15, -0.1) is 0 Å². The van der Waals surface area contributed by atoms with Crippen molar-refractivity contribution in [2.75, 3.05) is 18.5 Å². The highest BCUT2D eigenvalue weighted by atomic mass is 16.5. The van der Waals surface area contributed by atoms with Gasteiger partial charge in [0.2, 0.25) is 0 Å². The number of carbonyl (C=O) groups is 1. The second-order valence-corrected chi connectivity index (χ2v) is 5.48. The van der Waals surface area contributed by atoms with Crippen LogP contribution in [0.1, 0.15) is 31.0 Å². The molecule has 26 heavy (non-hydrogen) atoms. The topological polar surface area (TPSA) is 118 Å². The van der Waals surface area contributed by atoms with Gasteiger partial charge >= 0.3 is 5.97 Å². The third-order valence-electron chi connectivity index (χ3n) is 3.65. The molecule has 0 saturated heterocycles. The zero-order valence-electron chi connectivity index (χ0n) is 14.8. The first-order chi connectivity index (χ1) is 12.5. The Bertz CT molecular complexity index is 775. The number of amidine groups is 1. The Kier molecular flexibility index (Phi) is 6.43. The minimum atomic E-state index is -1.02. The molecule has 0 heterocycles. The Morgan fingerprint density at radius 1 is 1.12 bits per heavy atom. The maximum atomic E-state index is 11.8. The van der Waals surface area contributed by atoms with Gasteiger partial charge in [-0.3, -0.25) is 5.41 Å². The molecule has 0 spiro atoms. The molecule has 2 aromatic carbocycles. The average Bonchev–Trinajstić information content (AvgIpc) is 2.62. The number of anilines is 1. The summed E-state index contributed by atoms with van der Waals surface area (Å²) in [6, 6.07) is 10.8. The quantitative estimate of drug-likeness (QED) is 0.405. The van der Waals surface area contributed by atoms with Crippen molar-refractivity contribution in [2.45, 2.75) is 19.9 Å². The summed E-state index contributed by atoms with van der Waals surface area (Å²) in [5.74, 6) is 0.0198. The number of nitrogens with one attached hydrogen (secondary N) is 2. The van der Waals surface area contributed by atoms with Gasteiger partial charge in [0.1, 0.15) is 5.84 Å². The van der Waals surface area contributed by atoms with Gasteiger partial charge in [0, 0.05) is 11.3 Å². The van der Waals surface area contributed by atoms with E-state index in [4.69, 9.17) is 20.6 Å². The van der Waals surface area contributed by atoms with Crippen molar-refractivity contribution in [3.63, 3.8) is 0 Å². The molecule has 0 aliphatic heterocycles. The number of rotatable bonds is 9. The van der Waals surface area contributed by atoms with Crippen LogP contribution in [0, 0.1) is 5.41 Å². The first-order valence-corrected chi connectivity index (χ1v) is 8.29. The van der Waals surface area contributed by atoms with Crippen LogP contribution in [0.5, 0.6) is 11.5 Å². The fourth-order valence-corrected chi connectivity index (χ4v) is 2.45. The van der Waals surface area contributed by atoms with E-state index in [0.717, 1.165) is 0 Å². The molecule has 0 aliphatic rings. The zero-order valence-corrected chi connectivity index (χ0v) is 14.8. The highest BCUT2D eigenvalue weighted by Gasteiger charge is 2.21. The number of aliphatic carboxylic acids is 1. The van der Waals surface area contributed by atoms with Crippen molar-refractivity contribution in [1.82, 2.24) is 0 Å². The molecule has 1 unspecified atom stereocenters. The molecular formula is C19H23N3O4. The average molecular weight is 357 g/mol. The molecule has 2 aromatic rings. The van der Waals surface area contributed by atoms with E-state index in [0.29, 0.717) is 41.5 Å². The lowest BCUT2D eigenvalue weighted by molar-refractivity contribution is -0.138. The van der Waals surface area contributed by atoms with Crippen molar-refractivity contribution < 1.29 is 19.4 Å². The number of carboxylic acid groups (broad SMARTS) is 1. The minimum Gasteiger partial charge on any atom is -0.490 e. The van der Waals surface area contributed by atoms with Crippen LogP contribution < -0.4 is 20.5 Å². The largest absolute Gasteiger partial charge is 0.490 e. The fraction of sp³-hybridized carbons (Fsp3) is 0.263. The lowest BCUT2D eigenvalue weighted by Crippen LogP contribution is -2.21. The maximum absolute atomic E-state index is 11.8. The van der Waals surface area contributed by atoms with Crippen molar-refractivity contribution in [3.05, 3.63) is 53.6 Å². The fourth-order valence-electron chi connectivity index (χ4n) is 2.45. The highest BCUT2D eigenvalue weighted by Crippen LogP contribution is 2.32. The summed E-state index contributed by atoms with van der Waals surface area (Å²) in [7, 11) is 0. The molecule has 0 radical (unpaired) electrons. The minimum absolute atomic E-state index is 0.0424. The zero-order chi connectivity index (χ0) is 19.1. The standard InChI is InChI=1S/C19H23N3O4/c1-3-25-15-10-7-13(11-16(15)26-4-2)17(19(23)24)22-14-8-5-12(6-9-14)18(20)21/h5-11,17,22H,3-4H2,1-2H3,(H3,20,21)(H,23,24). The predicted octanol–water partition coefficient (Wildman–Crippen LogP) is 3.01. The van der Waals surface area contributed by atoms with E-state index >= 15 is 0 Å². The predicted molar refractivity (Wildman–Crippen MR) is 100 cm³/mol. The second-order valence-electron chi connectivity index (χ2n) is 5.48. The number of hydrogen-bond donors (Lipinski definition) is 4. The number of ether oxygens (including phenoxy) is 2. The summed E-state index contributed by atoms with van der Waals surface area (Å²) in [5.41, 5.74) is 7.15. The number of nitrogen functional groups attached to an aromatic ring is 1. The molecule has 5 N–H and O–H groups in total. The number of hydrogen-bond acceptors (Lipinski definition) is 5. The van der Waals surface area contributed by atoms with Crippen molar-refractivity contribution in [3.8, 4) is 11.5 Å². The first kappa shape index (κ1) is 19.1. The lowest BCUT2D eigenvalue weighted by Gasteiger charge is -2.19. The Morgan fingerprint density at radius 3 is 2.27 bits per heavy atom. The first-order valence-electron chi connectivity index (χ1n) is 8.29. The summed E-state index contributed by atoms with van der Waals surface area (Å²) in [6.07, 6.45) is 0. The number of nitrogens with two attached hydrogens (primary N) is 1. The van der Waals surface area contributed by atoms with Gasteiger partial charge in [0.25, 0.3) is 0 Å². The van der Waals surface area contributed by atoms with E-state index in [1.54, 1.807) is 42.5 Å². The van der Waals surface area contributed by atoms with E-state index in [9.17, 15) is 9.90 Å². The molecule has 2 rings (SSSR count). The summed E-state index contributed by atoms with van der Waals surface area (Å²) in [5, 5.41) is 20.0. The number of benzene rings is 2. The van der Waals surface area contributed by atoms with Crippen LogP contribution in [0.4, 0.5) is 5.69 Å². The smallest absolute Gasteiger partial charge is 0.330 e. The molecule has 7 heteroatoms. The SMILES string of the molecule is CCOc1ccc(C(Nc2ccc(C(=N)N)cc2)C(=O)O)cc1OCC. The van der Waals surface area contributed by atoms with Crippen LogP contribution >= 0.6 is 0 Å². The van der Waals surface area contributed by atoms with Gasteiger partial charge in [-0.05, 0) is 55.8 Å².